The molecule has 4 aliphatic carbocycles. The highest BCUT2D eigenvalue weighted by Crippen LogP contribution is 2.62. The second-order valence-electron chi connectivity index (χ2n) is 13.3. The van der Waals surface area contributed by atoms with E-state index >= 15 is 0 Å². The van der Waals surface area contributed by atoms with E-state index in [-0.39, 0.29) is 35.2 Å². The molecular weight excluding hydrogens is 621 g/mol. The molecular formula is C37H45Cl2N3O4. The molecule has 6 rings (SSSR count). The zero-order chi connectivity index (χ0) is 32.3. The quantitative estimate of drug-likeness (QED) is 0.198. The summed E-state index contributed by atoms with van der Waals surface area (Å²) in [6, 6.07) is 8.25. The zero-order valence-corrected chi connectivity index (χ0v) is 28.3. The molecule has 2 N–H and O–H groups in total. The van der Waals surface area contributed by atoms with E-state index in [0.717, 1.165) is 49.1 Å². The molecule has 2 fully saturated rings. The van der Waals surface area contributed by atoms with E-state index < -0.39 is 0 Å². The summed E-state index contributed by atoms with van der Waals surface area (Å²) in [5.41, 5.74) is 9.71. The smallest absolute Gasteiger partial charge is 0.227 e. The molecule has 5 atom stereocenters. The number of hydrogen-bond donors (Lipinski definition) is 1. The molecule has 7 nitrogen and oxygen atoms in total. The van der Waals surface area contributed by atoms with E-state index in [4.69, 9.17) is 48.1 Å². The van der Waals surface area contributed by atoms with Crippen molar-refractivity contribution >= 4 is 34.8 Å². The number of methoxy groups -OCH3 is 1. The fraction of sp³-hybridized carbons (Fsp3) is 0.514. The summed E-state index contributed by atoms with van der Waals surface area (Å²) in [6.07, 6.45) is 18.3. The van der Waals surface area contributed by atoms with Gasteiger partial charge in [0.15, 0.2) is 5.76 Å². The van der Waals surface area contributed by atoms with Gasteiger partial charge < -0.3 is 24.8 Å². The standard InChI is InChI=1S/C37H45Cl2N3O4/c1-37-20-31(37)34(39)35(32(38)21-37)46-17-16-45-29-13-9-24(10-14-29)18-25(22-40)36(43)42(28-11-12-28)23-26-19-27(6-5-15-44-2)41-33-8-4-3-7-30(26)33/h3-4,7-10,13-14,19,21,25,28,30-31,33H,5-6,11-12,15-18,20,22-23,40H2,1-2H3. The molecule has 9 heteroatoms. The molecule has 246 valence electrons. The van der Waals surface area contributed by atoms with Crippen molar-refractivity contribution in [3.05, 3.63) is 87.7 Å². The maximum Gasteiger partial charge on any atom is 0.227 e. The average Bonchev–Trinajstić information content (AvgIpc) is 3.99. The van der Waals surface area contributed by atoms with Gasteiger partial charge in [-0.2, -0.15) is 0 Å². The lowest BCUT2D eigenvalue weighted by Gasteiger charge is -2.34. The van der Waals surface area contributed by atoms with Gasteiger partial charge in [0.2, 0.25) is 5.91 Å². The Balaban J connectivity index is 1.04. The van der Waals surface area contributed by atoms with Crippen LogP contribution in [0, 0.1) is 23.2 Å². The van der Waals surface area contributed by atoms with Crippen LogP contribution in [-0.2, 0) is 20.7 Å². The highest BCUT2D eigenvalue weighted by molar-refractivity contribution is 6.36. The Bertz CT molecular complexity index is 1480. The second-order valence-corrected chi connectivity index (χ2v) is 14.1. The summed E-state index contributed by atoms with van der Waals surface area (Å²) < 4.78 is 17.1. The van der Waals surface area contributed by atoms with Crippen LogP contribution < -0.4 is 10.5 Å². The number of carbonyl (C=O) groups is 1. The third-order valence-corrected chi connectivity index (χ3v) is 10.4. The van der Waals surface area contributed by atoms with Crippen LogP contribution in [0.2, 0.25) is 0 Å². The number of amides is 1. The first-order valence-corrected chi connectivity index (χ1v) is 17.3. The molecule has 5 unspecified atom stereocenters. The Hall–Kier alpha value is -2.84. The Morgan fingerprint density at radius 2 is 1.87 bits per heavy atom. The zero-order valence-electron chi connectivity index (χ0n) is 26.8. The molecule has 1 amide bonds. The number of aliphatic imine (C=N–C) groups is 1. The van der Waals surface area contributed by atoms with Crippen LogP contribution in [0.4, 0.5) is 0 Å². The first kappa shape index (κ1) is 33.1. The van der Waals surface area contributed by atoms with Crippen LogP contribution >= 0.6 is 23.2 Å². The van der Waals surface area contributed by atoms with Crippen molar-refractivity contribution in [2.24, 2.45) is 33.9 Å². The lowest BCUT2D eigenvalue weighted by Crippen LogP contribution is -2.44. The summed E-state index contributed by atoms with van der Waals surface area (Å²) in [5.74, 6) is 1.63. The summed E-state index contributed by atoms with van der Waals surface area (Å²) >= 11 is 12.9. The minimum Gasteiger partial charge on any atom is -0.490 e. The summed E-state index contributed by atoms with van der Waals surface area (Å²) in [7, 11) is 1.73. The predicted octanol–water partition coefficient (Wildman–Crippen LogP) is 6.72. The van der Waals surface area contributed by atoms with Crippen LogP contribution in [0.3, 0.4) is 0 Å². The fourth-order valence-corrected chi connectivity index (χ4v) is 7.69. The van der Waals surface area contributed by atoms with Gasteiger partial charge in [0.05, 0.1) is 22.0 Å². The number of hydrogen-bond acceptors (Lipinski definition) is 6. The number of rotatable bonds is 16. The molecule has 0 radical (unpaired) electrons. The van der Waals surface area contributed by atoms with Crippen LogP contribution in [0.5, 0.6) is 5.75 Å². The molecule has 0 aromatic heterocycles. The largest absolute Gasteiger partial charge is 0.490 e. The van der Waals surface area contributed by atoms with E-state index in [1.807, 2.05) is 30.3 Å². The number of nitrogens with two attached hydrogens (primary N) is 1. The van der Waals surface area contributed by atoms with Gasteiger partial charge in [-0.25, -0.2) is 0 Å². The van der Waals surface area contributed by atoms with Gasteiger partial charge >= 0.3 is 0 Å². The average molecular weight is 667 g/mol. The van der Waals surface area contributed by atoms with Gasteiger partial charge in [-0.1, -0.05) is 72.6 Å². The first-order chi connectivity index (χ1) is 22.3. The number of fused-ring (bicyclic) bond motifs is 2. The summed E-state index contributed by atoms with van der Waals surface area (Å²) in [6.45, 7) is 4.48. The fourth-order valence-electron chi connectivity index (χ4n) is 6.76. The molecule has 0 bridgehead atoms. The maximum absolute atomic E-state index is 14.0. The maximum atomic E-state index is 14.0. The van der Waals surface area contributed by atoms with Crippen LogP contribution in [-0.4, -0.2) is 68.6 Å². The number of allylic oxidation sites excluding steroid dienone is 6. The van der Waals surface area contributed by atoms with Gasteiger partial charge in [-0.15, -0.1) is 0 Å². The topological polar surface area (TPSA) is 86.4 Å². The molecule has 0 saturated heterocycles. The third kappa shape index (κ3) is 7.65. The molecule has 1 aromatic carbocycles. The minimum atomic E-state index is -0.294. The second kappa shape index (κ2) is 14.5. The highest BCUT2D eigenvalue weighted by Gasteiger charge is 2.54. The van der Waals surface area contributed by atoms with Gasteiger partial charge in [0, 0.05) is 50.4 Å². The number of ether oxygens (including phenoxy) is 3. The van der Waals surface area contributed by atoms with Crippen LogP contribution in [0.1, 0.15) is 44.6 Å². The number of carbonyl (C=O) groups excluding carboxylic acids is 1. The predicted molar refractivity (Wildman–Crippen MR) is 184 cm³/mol. The van der Waals surface area contributed by atoms with Crippen molar-refractivity contribution in [1.29, 1.82) is 0 Å². The minimum absolute atomic E-state index is 0.0768. The van der Waals surface area contributed by atoms with E-state index in [1.165, 1.54) is 5.57 Å². The third-order valence-electron chi connectivity index (χ3n) is 9.72. The van der Waals surface area contributed by atoms with E-state index in [9.17, 15) is 4.79 Å². The molecule has 2 saturated carbocycles. The van der Waals surface area contributed by atoms with E-state index in [0.29, 0.717) is 61.1 Å². The normalized spacial score (nSPS) is 26.8. The first-order valence-electron chi connectivity index (χ1n) is 16.5. The molecule has 46 heavy (non-hydrogen) atoms. The molecule has 0 spiro atoms. The Labute approximate surface area is 282 Å². The van der Waals surface area contributed by atoms with Gasteiger partial charge in [0.25, 0.3) is 0 Å². The lowest BCUT2D eigenvalue weighted by molar-refractivity contribution is -0.135. The van der Waals surface area contributed by atoms with Crippen molar-refractivity contribution in [2.45, 2.75) is 57.5 Å². The monoisotopic (exact) mass is 665 g/mol. The number of nitrogens with zero attached hydrogens (tertiary/aromatic N) is 2. The summed E-state index contributed by atoms with van der Waals surface area (Å²) in [5, 5.41) is 1.29. The van der Waals surface area contributed by atoms with Gasteiger partial charge in [-0.05, 0) is 73.3 Å². The summed E-state index contributed by atoms with van der Waals surface area (Å²) in [4.78, 5) is 21.1. The van der Waals surface area contributed by atoms with Crippen molar-refractivity contribution in [3.8, 4) is 5.75 Å². The number of benzene rings is 1. The lowest BCUT2D eigenvalue weighted by atomic mass is 9.84. The number of dihydropyridines is 1. The Morgan fingerprint density at radius 1 is 1.11 bits per heavy atom. The SMILES string of the molecule is COCCCC1=NC2C=CC=CC2C(CN(C(=O)C(CN)Cc2ccc(OCCOC3=C(Cl)C4CC4(C)C=C3Cl)cc2)C2CC2)=C1. The molecule has 1 heterocycles. The van der Waals surface area contributed by atoms with Crippen LogP contribution in [0.25, 0.3) is 0 Å². The van der Waals surface area contributed by atoms with Crippen molar-refractivity contribution in [1.82, 2.24) is 4.90 Å². The van der Waals surface area contributed by atoms with E-state index in [2.05, 4.69) is 42.2 Å². The molecule has 1 aliphatic heterocycles. The Kier molecular flexibility index (Phi) is 10.4. The van der Waals surface area contributed by atoms with E-state index in [1.54, 1.807) is 7.11 Å². The van der Waals surface area contributed by atoms with Gasteiger partial charge in [-0.3, -0.25) is 9.79 Å². The number of halogens is 2. The van der Waals surface area contributed by atoms with Gasteiger partial charge in [0.1, 0.15) is 19.0 Å². The van der Waals surface area contributed by atoms with Crippen molar-refractivity contribution < 1.29 is 19.0 Å². The highest BCUT2D eigenvalue weighted by atomic mass is 35.5. The van der Waals surface area contributed by atoms with Crippen molar-refractivity contribution in [3.63, 3.8) is 0 Å². The molecule has 1 aromatic rings. The van der Waals surface area contributed by atoms with Crippen molar-refractivity contribution in [2.75, 3.05) is 40.0 Å². The molecule has 5 aliphatic rings. The Morgan fingerprint density at radius 3 is 2.61 bits per heavy atom. The van der Waals surface area contributed by atoms with Crippen LogP contribution in [0.15, 0.2) is 87.1 Å².